The molecule has 1 fully saturated rings. The molecule has 1 aromatic carbocycles. The molecule has 1 saturated heterocycles. The van der Waals surface area contributed by atoms with Crippen molar-refractivity contribution in [2.75, 3.05) is 35.7 Å². The molecule has 0 saturated carbocycles. The van der Waals surface area contributed by atoms with E-state index in [9.17, 15) is 18.6 Å². The van der Waals surface area contributed by atoms with Crippen LogP contribution in [0.5, 0.6) is 0 Å². The lowest BCUT2D eigenvalue weighted by atomic mass is 10.2. The summed E-state index contributed by atoms with van der Waals surface area (Å²) in [5.41, 5.74) is 1.14. The van der Waals surface area contributed by atoms with Crippen LogP contribution in [-0.2, 0) is 25.1 Å². The van der Waals surface area contributed by atoms with Crippen LogP contribution >= 0.6 is 0 Å². The first-order valence-corrected chi connectivity index (χ1v) is 8.70. The van der Waals surface area contributed by atoms with Gasteiger partial charge in [0.25, 0.3) is 0 Å². The van der Waals surface area contributed by atoms with Crippen molar-refractivity contribution in [3.8, 4) is 0 Å². The number of carbonyl (C=O) groups excluding carboxylic acids is 3. The second kappa shape index (κ2) is 6.23. The lowest BCUT2D eigenvalue weighted by Crippen LogP contribution is -2.36. The third kappa shape index (κ3) is 2.99. The summed E-state index contributed by atoms with van der Waals surface area (Å²) in [6.45, 7) is 1.93. The molecule has 1 aromatic rings. The summed E-state index contributed by atoms with van der Waals surface area (Å²) >= 11 is 0. The topological polar surface area (TPSA) is 96.0 Å². The highest BCUT2D eigenvalue weighted by molar-refractivity contribution is 7.86. The number of carbonyl (C=O) groups is 3. The Morgan fingerprint density at radius 1 is 1.42 bits per heavy atom. The first-order chi connectivity index (χ1) is 11.4. The summed E-state index contributed by atoms with van der Waals surface area (Å²) < 4.78 is 17.4. The molecule has 1 N–H and O–H groups in total. The van der Waals surface area contributed by atoms with E-state index >= 15 is 0 Å². The summed E-state index contributed by atoms with van der Waals surface area (Å²) in [6.07, 6.45) is -0.955. The molecule has 2 aliphatic rings. The van der Waals surface area contributed by atoms with Crippen LogP contribution in [0.3, 0.4) is 0 Å². The lowest BCUT2D eigenvalue weighted by Gasteiger charge is -2.26. The van der Waals surface area contributed by atoms with Crippen molar-refractivity contribution in [3.63, 3.8) is 0 Å². The maximum absolute atomic E-state index is 12.2. The van der Waals surface area contributed by atoms with Gasteiger partial charge in [0.1, 0.15) is 11.9 Å². The zero-order valence-corrected chi connectivity index (χ0v) is 14.1. The molecule has 0 aromatic heterocycles. The Kier molecular flexibility index (Phi) is 4.27. The normalized spacial score (nSPS) is 23.1. The van der Waals surface area contributed by atoms with Crippen LogP contribution in [0.25, 0.3) is 0 Å². The van der Waals surface area contributed by atoms with Gasteiger partial charge in [-0.2, -0.15) is 0 Å². The summed E-state index contributed by atoms with van der Waals surface area (Å²) in [5.74, 6) is -0.464. The van der Waals surface area contributed by atoms with Crippen LogP contribution in [0.2, 0.25) is 0 Å². The van der Waals surface area contributed by atoms with Crippen LogP contribution in [0, 0.1) is 0 Å². The van der Waals surface area contributed by atoms with E-state index in [2.05, 4.69) is 5.32 Å². The van der Waals surface area contributed by atoms with Crippen LogP contribution < -0.4 is 15.1 Å². The van der Waals surface area contributed by atoms with Crippen molar-refractivity contribution in [2.24, 2.45) is 0 Å². The lowest BCUT2D eigenvalue weighted by molar-refractivity contribution is -0.119. The number of hydrogen-bond donors (Lipinski definition) is 1. The fourth-order valence-electron chi connectivity index (χ4n) is 2.65. The number of ether oxygens (including phenoxy) is 1. The number of benzene rings is 1. The molecule has 9 heteroatoms. The van der Waals surface area contributed by atoms with Crippen molar-refractivity contribution in [3.05, 3.63) is 18.2 Å². The van der Waals surface area contributed by atoms with Crippen molar-refractivity contribution >= 4 is 40.1 Å². The molecule has 1 unspecified atom stereocenters. The Labute approximate surface area is 141 Å². The van der Waals surface area contributed by atoms with Gasteiger partial charge in [-0.05, 0) is 18.2 Å². The fraction of sp³-hybridized carbons (Fsp3) is 0.400. The van der Waals surface area contributed by atoms with E-state index in [0.717, 1.165) is 0 Å². The smallest absolute Gasteiger partial charge is 0.414 e. The Morgan fingerprint density at radius 3 is 2.88 bits per heavy atom. The van der Waals surface area contributed by atoms with E-state index in [1.165, 1.54) is 16.7 Å². The number of hydrogen-bond acceptors (Lipinski definition) is 5. The van der Waals surface area contributed by atoms with E-state index < -0.39 is 23.0 Å². The van der Waals surface area contributed by atoms with Gasteiger partial charge in [-0.1, -0.05) is 0 Å². The number of anilines is 2. The summed E-state index contributed by atoms with van der Waals surface area (Å²) in [6, 6.07) is 5.01. The van der Waals surface area contributed by atoms with Gasteiger partial charge < -0.3 is 15.0 Å². The largest absolute Gasteiger partial charge is 0.442 e. The average molecular weight is 351 g/mol. The molecule has 8 nitrogen and oxygen atoms in total. The number of amides is 3. The predicted molar refractivity (Wildman–Crippen MR) is 87.4 cm³/mol. The SMILES string of the molecule is CC(=O)NC[C@H]1CN(c2ccc3c(c2)S(=O)CC(=O)N3C)C(=O)O1. The van der Waals surface area contributed by atoms with Gasteiger partial charge >= 0.3 is 6.09 Å². The standard InChI is InChI=1S/C15H17N3O5S/c1-9(19)16-6-11-7-18(15(21)23-11)10-3-4-12-13(5-10)24(22)8-14(20)17(12)2/h3-5,11H,6-8H2,1-2H3,(H,16,19)/t11-,24?/m0/s1. The monoisotopic (exact) mass is 351 g/mol. The Balaban J connectivity index is 1.82. The second-order valence-corrected chi connectivity index (χ2v) is 7.07. The minimum Gasteiger partial charge on any atom is -0.442 e. The van der Waals surface area contributed by atoms with E-state index in [0.29, 0.717) is 22.8 Å². The van der Waals surface area contributed by atoms with Crippen LogP contribution in [0.15, 0.2) is 23.1 Å². The highest BCUT2D eigenvalue weighted by Gasteiger charge is 2.34. The highest BCUT2D eigenvalue weighted by atomic mass is 32.2. The van der Waals surface area contributed by atoms with E-state index in [4.69, 9.17) is 4.74 Å². The molecule has 3 amide bonds. The molecule has 24 heavy (non-hydrogen) atoms. The molecule has 2 heterocycles. The quantitative estimate of drug-likeness (QED) is 0.841. The Bertz CT molecular complexity index is 751. The highest BCUT2D eigenvalue weighted by Crippen LogP contribution is 2.33. The average Bonchev–Trinajstić information content (AvgIpc) is 2.91. The maximum Gasteiger partial charge on any atom is 0.414 e. The van der Waals surface area contributed by atoms with E-state index in [1.807, 2.05) is 0 Å². The zero-order valence-electron chi connectivity index (χ0n) is 13.3. The molecule has 0 bridgehead atoms. The predicted octanol–water partition coefficient (Wildman–Crippen LogP) is 0.232. The van der Waals surface area contributed by atoms with Gasteiger partial charge in [0.2, 0.25) is 11.8 Å². The van der Waals surface area contributed by atoms with Gasteiger partial charge in [-0.3, -0.25) is 18.7 Å². The van der Waals surface area contributed by atoms with Crippen LogP contribution in [-0.4, -0.2) is 54.1 Å². The third-order valence-electron chi connectivity index (χ3n) is 3.94. The van der Waals surface area contributed by atoms with Crippen molar-refractivity contribution in [2.45, 2.75) is 17.9 Å². The molecule has 2 atom stereocenters. The van der Waals surface area contributed by atoms with E-state index in [1.54, 1.807) is 25.2 Å². The van der Waals surface area contributed by atoms with Crippen molar-refractivity contribution in [1.82, 2.24) is 5.32 Å². The van der Waals surface area contributed by atoms with Crippen molar-refractivity contribution < 1.29 is 23.3 Å². The molecular weight excluding hydrogens is 334 g/mol. The second-order valence-electron chi connectivity index (χ2n) is 5.65. The third-order valence-corrected chi connectivity index (χ3v) is 5.27. The molecular formula is C15H17N3O5S. The molecule has 0 radical (unpaired) electrons. The number of nitrogens with one attached hydrogen (secondary N) is 1. The van der Waals surface area contributed by atoms with Gasteiger partial charge in [0.15, 0.2) is 0 Å². The van der Waals surface area contributed by atoms with Gasteiger partial charge in [0.05, 0.1) is 34.5 Å². The molecule has 0 spiro atoms. The van der Waals surface area contributed by atoms with Crippen molar-refractivity contribution in [1.29, 1.82) is 0 Å². The van der Waals surface area contributed by atoms with Gasteiger partial charge in [-0.15, -0.1) is 0 Å². The van der Waals surface area contributed by atoms with Gasteiger partial charge in [-0.25, -0.2) is 4.79 Å². The first kappa shape index (κ1) is 16.4. The van der Waals surface area contributed by atoms with Crippen LogP contribution in [0.4, 0.5) is 16.2 Å². The summed E-state index contributed by atoms with van der Waals surface area (Å²) in [4.78, 5) is 38.2. The summed E-state index contributed by atoms with van der Waals surface area (Å²) in [5, 5.41) is 2.61. The summed E-state index contributed by atoms with van der Waals surface area (Å²) in [7, 11) is 0.197. The zero-order chi connectivity index (χ0) is 17.4. The van der Waals surface area contributed by atoms with Gasteiger partial charge in [0, 0.05) is 19.7 Å². The maximum atomic E-state index is 12.2. The minimum absolute atomic E-state index is 0.0669. The molecule has 2 aliphatic heterocycles. The number of rotatable bonds is 3. The fourth-order valence-corrected chi connectivity index (χ4v) is 3.91. The number of cyclic esters (lactones) is 1. The minimum atomic E-state index is -1.43. The molecule has 3 rings (SSSR count). The van der Waals surface area contributed by atoms with Crippen LogP contribution in [0.1, 0.15) is 6.92 Å². The Hall–Kier alpha value is -2.42. The number of fused-ring (bicyclic) bond motifs is 1. The molecule has 0 aliphatic carbocycles. The number of nitrogens with zero attached hydrogens (tertiary/aromatic N) is 2. The molecule has 128 valence electrons. The first-order valence-electron chi connectivity index (χ1n) is 7.38. The Morgan fingerprint density at radius 2 is 2.17 bits per heavy atom. The van der Waals surface area contributed by atoms with E-state index in [-0.39, 0.29) is 24.1 Å².